The lowest BCUT2D eigenvalue weighted by Crippen LogP contribution is -2.40. The van der Waals surface area contributed by atoms with Crippen LogP contribution in [0.3, 0.4) is 0 Å². The van der Waals surface area contributed by atoms with E-state index in [1.165, 1.54) is 37.7 Å². The molecule has 0 amide bonds. The van der Waals surface area contributed by atoms with Gasteiger partial charge in [0, 0.05) is 23.7 Å². The van der Waals surface area contributed by atoms with E-state index in [1.807, 2.05) is 0 Å². The Balaban J connectivity index is 2.02. The number of rotatable bonds is 5. The Labute approximate surface area is 128 Å². The summed E-state index contributed by atoms with van der Waals surface area (Å²) in [4.78, 5) is 2.62. The molecule has 1 aromatic rings. The van der Waals surface area contributed by atoms with Gasteiger partial charge in [-0.1, -0.05) is 30.7 Å². The second-order valence-electron chi connectivity index (χ2n) is 6.12. The predicted molar refractivity (Wildman–Crippen MR) is 87.1 cm³/mol. The molecular formula is C17H27ClN2. The van der Waals surface area contributed by atoms with Crippen molar-refractivity contribution in [1.82, 2.24) is 4.90 Å². The minimum Gasteiger partial charge on any atom is -0.328 e. The SMILES string of the molecule is CCCN(Cc1ccc(C)c(Cl)c1)C1CCC(N)CC1. The Kier molecular flexibility index (Phi) is 5.88. The molecule has 1 saturated carbocycles. The van der Waals surface area contributed by atoms with Crippen molar-refractivity contribution in [1.29, 1.82) is 0 Å². The topological polar surface area (TPSA) is 29.3 Å². The van der Waals surface area contributed by atoms with Gasteiger partial charge in [0.15, 0.2) is 0 Å². The van der Waals surface area contributed by atoms with Crippen LogP contribution in [0.25, 0.3) is 0 Å². The minimum atomic E-state index is 0.420. The van der Waals surface area contributed by atoms with Crippen molar-refractivity contribution in [2.24, 2.45) is 5.73 Å². The maximum atomic E-state index is 6.24. The summed E-state index contributed by atoms with van der Waals surface area (Å²) >= 11 is 6.24. The molecule has 1 aliphatic carbocycles. The molecule has 3 heteroatoms. The van der Waals surface area contributed by atoms with Gasteiger partial charge in [-0.2, -0.15) is 0 Å². The molecule has 112 valence electrons. The molecular weight excluding hydrogens is 268 g/mol. The van der Waals surface area contributed by atoms with Crippen LogP contribution >= 0.6 is 11.6 Å². The van der Waals surface area contributed by atoms with Crippen molar-refractivity contribution in [2.75, 3.05) is 6.54 Å². The van der Waals surface area contributed by atoms with E-state index in [-0.39, 0.29) is 0 Å². The fraction of sp³-hybridized carbons (Fsp3) is 0.647. The van der Waals surface area contributed by atoms with E-state index in [1.54, 1.807) is 0 Å². The highest BCUT2D eigenvalue weighted by Gasteiger charge is 2.23. The number of benzene rings is 1. The van der Waals surface area contributed by atoms with Crippen molar-refractivity contribution < 1.29 is 0 Å². The maximum absolute atomic E-state index is 6.24. The van der Waals surface area contributed by atoms with Gasteiger partial charge in [0.1, 0.15) is 0 Å². The highest BCUT2D eigenvalue weighted by molar-refractivity contribution is 6.31. The smallest absolute Gasteiger partial charge is 0.0438 e. The molecule has 0 aromatic heterocycles. The Bertz CT molecular complexity index is 425. The van der Waals surface area contributed by atoms with Crippen LogP contribution in [-0.4, -0.2) is 23.5 Å². The molecule has 0 bridgehead atoms. The Hall–Kier alpha value is -0.570. The summed E-state index contributed by atoms with van der Waals surface area (Å²) in [6.07, 6.45) is 6.00. The number of halogens is 1. The maximum Gasteiger partial charge on any atom is 0.0438 e. The predicted octanol–water partition coefficient (Wildman–Crippen LogP) is 4.13. The van der Waals surface area contributed by atoms with Gasteiger partial charge in [0.05, 0.1) is 0 Å². The molecule has 0 saturated heterocycles. The van der Waals surface area contributed by atoms with Crippen LogP contribution in [0.15, 0.2) is 18.2 Å². The lowest BCUT2D eigenvalue weighted by Gasteiger charge is -2.36. The minimum absolute atomic E-state index is 0.420. The Morgan fingerprint density at radius 1 is 1.25 bits per heavy atom. The zero-order chi connectivity index (χ0) is 14.5. The average Bonchev–Trinajstić information content (AvgIpc) is 2.43. The molecule has 2 nitrogen and oxygen atoms in total. The molecule has 0 heterocycles. The van der Waals surface area contributed by atoms with Crippen LogP contribution in [0.1, 0.15) is 50.2 Å². The summed E-state index contributed by atoms with van der Waals surface area (Å²) in [7, 11) is 0. The Morgan fingerprint density at radius 2 is 1.95 bits per heavy atom. The van der Waals surface area contributed by atoms with Crippen LogP contribution in [0.4, 0.5) is 0 Å². The highest BCUT2D eigenvalue weighted by Crippen LogP contribution is 2.25. The van der Waals surface area contributed by atoms with Crippen LogP contribution in [0.5, 0.6) is 0 Å². The van der Waals surface area contributed by atoms with E-state index in [0.29, 0.717) is 12.1 Å². The lowest BCUT2D eigenvalue weighted by atomic mass is 9.90. The van der Waals surface area contributed by atoms with Gasteiger partial charge in [-0.15, -0.1) is 0 Å². The number of hydrogen-bond acceptors (Lipinski definition) is 2. The summed E-state index contributed by atoms with van der Waals surface area (Å²) in [6, 6.07) is 7.56. The largest absolute Gasteiger partial charge is 0.328 e. The van der Waals surface area contributed by atoms with E-state index < -0.39 is 0 Å². The summed E-state index contributed by atoms with van der Waals surface area (Å²) in [6.45, 7) is 6.47. The third-order valence-corrected chi connectivity index (χ3v) is 4.80. The molecule has 0 atom stereocenters. The number of nitrogens with two attached hydrogens (primary N) is 1. The fourth-order valence-electron chi connectivity index (χ4n) is 3.11. The van der Waals surface area contributed by atoms with Gasteiger partial charge in [-0.25, -0.2) is 0 Å². The van der Waals surface area contributed by atoms with Crippen molar-refractivity contribution in [3.63, 3.8) is 0 Å². The van der Waals surface area contributed by atoms with Crippen LogP contribution in [0.2, 0.25) is 5.02 Å². The first-order chi connectivity index (χ1) is 9.60. The lowest BCUT2D eigenvalue weighted by molar-refractivity contribution is 0.142. The number of hydrogen-bond donors (Lipinski definition) is 1. The third kappa shape index (κ3) is 4.21. The monoisotopic (exact) mass is 294 g/mol. The summed E-state index contributed by atoms with van der Waals surface area (Å²) in [5.41, 5.74) is 8.50. The molecule has 1 aliphatic rings. The van der Waals surface area contributed by atoms with Gasteiger partial charge in [-0.3, -0.25) is 4.90 Å². The molecule has 0 unspecified atom stereocenters. The van der Waals surface area contributed by atoms with Crippen LogP contribution < -0.4 is 5.73 Å². The first-order valence-corrected chi connectivity index (χ1v) is 8.22. The van der Waals surface area contributed by atoms with E-state index in [2.05, 4.69) is 36.9 Å². The molecule has 0 radical (unpaired) electrons. The van der Waals surface area contributed by atoms with Gasteiger partial charge in [0.25, 0.3) is 0 Å². The zero-order valence-electron chi connectivity index (χ0n) is 12.7. The molecule has 20 heavy (non-hydrogen) atoms. The van der Waals surface area contributed by atoms with E-state index >= 15 is 0 Å². The zero-order valence-corrected chi connectivity index (χ0v) is 13.5. The Morgan fingerprint density at radius 3 is 2.55 bits per heavy atom. The van der Waals surface area contributed by atoms with Gasteiger partial charge >= 0.3 is 0 Å². The molecule has 2 N–H and O–H groups in total. The van der Waals surface area contributed by atoms with Gasteiger partial charge < -0.3 is 5.73 Å². The molecule has 0 spiro atoms. The summed E-state index contributed by atoms with van der Waals surface area (Å²) in [5, 5.41) is 0.879. The third-order valence-electron chi connectivity index (χ3n) is 4.39. The standard InChI is InChI=1S/C17H27ClN2/c1-3-10-20(16-8-6-15(19)7-9-16)12-14-5-4-13(2)17(18)11-14/h4-5,11,15-16H,3,6-10,12,19H2,1-2H3. The molecule has 1 fully saturated rings. The second-order valence-corrected chi connectivity index (χ2v) is 6.53. The highest BCUT2D eigenvalue weighted by atomic mass is 35.5. The molecule has 1 aromatic carbocycles. The van der Waals surface area contributed by atoms with E-state index in [9.17, 15) is 0 Å². The first-order valence-electron chi connectivity index (χ1n) is 7.84. The van der Waals surface area contributed by atoms with Crippen LogP contribution in [0, 0.1) is 6.92 Å². The van der Waals surface area contributed by atoms with Crippen molar-refractivity contribution in [3.8, 4) is 0 Å². The first kappa shape index (κ1) is 15.8. The quantitative estimate of drug-likeness (QED) is 0.885. The van der Waals surface area contributed by atoms with Crippen molar-refractivity contribution in [3.05, 3.63) is 34.3 Å². The van der Waals surface area contributed by atoms with Gasteiger partial charge in [-0.05, 0) is 62.8 Å². The van der Waals surface area contributed by atoms with Gasteiger partial charge in [0.2, 0.25) is 0 Å². The summed E-state index contributed by atoms with van der Waals surface area (Å²) in [5.74, 6) is 0. The normalized spacial score (nSPS) is 23.2. The van der Waals surface area contributed by atoms with E-state index in [4.69, 9.17) is 17.3 Å². The van der Waals surface area contributed by atoms with E-state index in [0.717, 1.165) is 23.7 Å². The van der Waals surface area contributed by atoms with Crippen molar-refractivity contribution in [2.45, 2.75) is 64.6 Å². The number of nitrogens with zero attached hydrogens (tertiary/aromatic N) is 1. The fourth-order valence-corrected chi connectivity index (χ4v) is 3.32. The molecule has 0 aliphatic heterocycles. The molecule has 2 rings (SSSR count). The van der Waals surface area contributed by atoms with Crippen LogP contribution in [-0.2, 0) is 6.54 Å². The average molecular weight is 295 g/mol. The second kappa shape index (κ2) is 7.44. The summed E-state index contributed by atoms with van der Waals surface area (Å²) < 4.78 is 0. The number of aryl methyl sites for hydroxylation is 1. The van der Waals surface area contributed by atoms with Crippen molar-refractivity contribution >= 4 is 11.6 Å².